The maximum atomic E-state index is 13.1. The Kier molecular flexibility index (Phi) is 8.27. The van der Waals surface area contributed by atoms with E-state index in [2.05, 4.69) is 5.32 Å². The van der Waals surface area contributed by atoms with Crippen LogP contribution in [0.2, 0.25) is 5.02 Å². The lowest BCUT2D eigenvalue weighted by Gasteiger charge is -2.23. The summed E-state index contributed by atoms with van der Waals surface area (Å²) in [6.45, 7) is 2.10. The molecule has 1 aromatic rings. The van der Waals surface area contributed by atoms with Crippen molar-refractivity contribution in [3.05, 3.63) is 34.6 Å². The molecule has 0 radical (unpaired) electrons. The van der Waals surface area contributed by atoms with Crippen molar-refractivity contribution in [1.29, 1.82) is 0 Å². The fourth-order valence-electron chi connectivity index (χ4n) is 1.92. The highest BCUT2D eigenvalue weighted by molar-refractivity contribution is 6.31. The van der Waals surface area contributed by atoms with Crippen molar-refractivity contribution in [3.63, 3.8) is 0 Å². The van der Waals surface area contributed by atoms with Gasteiger partial charge in [-0.25, -0.2) is 4.39 Å². The van der Waals surface area contributed by atoms with Gasteiger partial charge >= 0.3 is 0 Å². The van der Waals surface area contributed by atoms with Crippen molar-refractivity contribution in [2.24, 2.45) is 0 Å². The Balaban J connectivity index is 2.70. The lowest BCUT2D eigenvalue weighted by Crippen LogP contribution is -2.33. The van der Waals surface area contributed by atoms with Gasteiger partial charge in [-0.2, -0.15) is 0 Å². The van der Waals surface area contributed by atoms with E-state index in [1.807, 2.05) is 7.05 Å². The third-order valence-electron chi connectivity index (χ3n) is 3.11. The van der Waals surface area contributed by atoms with E-state index < -0.39 is 0 Å². The van der Waals surface area contributed by atoms with Crippen LogP contribution in [0, 0.1) is 5.82 Å². The number of methoxy groups -OCH3 is 1. The maximum Gasteiger partial charge on any atom is 0.222 e. The van der Waals surface area contributed by atoms with E-state index in [1.54, 1.807) is 18.1 Å². The predicted octanol–water partition coefficient (Wildman–Crippen LogP) is 2.45. The van der Waals surface area contributed by atoms with Crippen LogP contribution < -0.4 is 5.32 Å². The van der Waals surface area contributed by atoms with E-state index >= 15 is 0 Å². The summed E-state index contributed by atoms with van der Waals surface area (Å²) in [5.74, 6) is -0.338. The number of carbonyl (C=O) groups excluding carboxylic acids is 1. The van der Waals surface area contributed by atoms with Gasteiger partial charge in [-0.05, 0) is 37.7 Å². The summed E-state index contributed by atoms with van der Waals surface area (Å²) >= 11 is 6.02. The first-order valence-corrected chi connectivity index (χ1v) is 7.31. The van der Waals surface area contributed by atoms with Crippen LogP contribution in [-0.2, 0) is 16.1 Å². The van der Waals surface area contributed by atoms with E-state index in [9.17, 15) is 9.18 Å². The smallest absolute Gasteiger partial charge is 0.222 e. The minimum atomic E-state index is -0.382. The van der Waals surface area contributed by atoms with Gasteiger partial charge < -0.3 is 15.0 Å². The molecule has 0 unspecified atom stereocenters. The second kappa shape index (κ2) is 9.71. The number of benzene rings is 1. The molecule has 0 aliphatic heterocycles. The minimum Gasteiger partial charge on any atom is -0.383 e. The number of rotatable bonds is 9. The number of hydrogen-bond donors (Lipinski definition) is 1. The lowest BCUT2D eigenvalue weighted by atomic mass is 10.2. The van der Waals surface area contributed by atoms with Gasteiger partial charge in [0.2, 0.25) is 5.91 Å². The van der Waals surface area contributed by atoms with E-state index in [-0.39, 0.29) is 11.7 Å². The number of hydrogen-bond acceptors (Lipinski definition) is 3. The van der Waals surface area contributed by atoms with Gasteiger partial charge in [-0.3, -0.25) is 4.79 Å². The third kappa shape index (κ3) is 6.42. The molecule has 4 nitrogen and oxygen atoms in total. The van der Waals surface area contributed by atoms with Gasteiger partial charge in [-0.15, -0.1) is 0 Å². The van der Waals surface area contributed by atoms with Crippen LogP contribution in [0.1, 0.15) is 18.4 Å². The Morgan fingerprint density at radius 1 is 1.48 bits per heavy atom. The molecule has 1 N–H and O–H groups in total. The summed E-state index contributed by atoms with van der Waals surface area (Å²) in [5, 5.41) is 3.35. The fraction of sp³-hybridized carbons (Fsp3) is 0.533. The molecule has 0 aliphatic rings. The second-order valence-corrected chi connectivity index (χ2v) is 5.16. The van der Waals surface area contributed by atoms with Crippen LogP contribution in [0.3, 0.4) is 0 Å². The van der Waals surface area contributed by atoms with Gasteiger partial charge in [0.1, 0.15) is 5.82 Å². The molecule has 1 rings (SSSR count). The highest BCUT2D eigenvalue weighted by atomic mass is 35.5. The molecule has 0 saturated carbocycles. The van der Waals surface area contributed by atoms with E-state index in [0.717, 1.165) is 18.5 Å². The first-order chi connectivity index (χ1) is 10.1. The number of nitrogens with zero attached hydrogens (tertiary/aromatic N) is 1. The second-order valence-electron chi connectivity index (χ2n) is 4.75. The first-order valence-electron chi connectivity index (χ1n) is 6.93. The summed E-state index contributed by atoms with van der Waals surface area (Å²) in [5.41, 5.74) is 0.733. The minimum absolute atomic E-state index is 0.0442. The largest absolute Gasteiger partial charge is 0.383 e. The Morgan fingerprint density at radius 2 is 2.24 bits per heavy atom. The summed E-state index contributed by atoms with van der Waals surface area (Å²) in [6, 6.07) is 4.22. The number of ether oxygens (including phenoxy) is 1. The van der Waals surface area contributed by atoms with E-state index in [1.165, 1.54) is 12.1 Å². The number of nitrogens with one attached hydrogen (secondary N) is 1. The Bertz CT molecular complexity index is 457. The average molecular weight is 317 g/mol. The zero-order valence-corrected chi connectivity index (χ0v) is 13.3. The van der Waals surface area contributed by atoms with Gasteiger partial charge in [0, 0.05) is 31.6 Å². The predicted molar refractivity (Wildman–Crippen MR) is 81.9 cm³/mol. The van der Waals surface area contributed by atoms with Crippen molar-refractivity contribution in [2.45, 2.75) is 19.4 Å². The highest BCUT2D eigenvalue weighted by Gasteiger charge is 2.15. The van der Waals surface area contributed by atoms with Crippen molar-refractivity contribution in [2.75, 3.05) is 33.9 Å². The molecule has 6 heteroatoms. The molecule has 0 atom stereocenters. The molecule has 1 amide bonds. The highest BCUT2D eigenvalue weighted by Crippen LogP contribution is 2.19. The van der Waals surface area contributed by atoms with Crippen LogP contribution >= 0.6 is 11.6 Å². The maximum absolute atomic E-state index is 13.1. The normalized spacial score (nSPS) is 10.7. The molecule has 0 aliphatic carbocycles. The molecule has 0 aromatic heterocycles. The van der Waals surface area contributed by atoms with Crippen LogP contribution in [0.5, 0.6) is 0 Å². The van der Waals surface area contributed by atoms with Crippen molar-refractivity contribution in [1.82, 2.24) is 10.2 Å². The van der Waals surface area contributed by atoms with Crippen LogP contribution in [0.25, 0.3) is 0 Å². The molecule has 0 saturated heterocycles. The monoisotopic (exact) mass is 316 g/mol. The topological polar surface area (TPSA) is 41.6 Å². The van der Waals surface area contributed by atoms with Crippen molar-refractivity contribution < 1.29 is 13.9 Å². The quantitative estimate of drug-likeness (QED) is 0.712. The van der Waals surface area contributed by atoms with E-state index in [0.29, 0.717) is 31.1 Å². The average Bonchev–Trinajstić information content (AvgIpc) is 2.45. The van der Waals surface area contributed by atoms with Crippen LogP contribution in [0.15, 0.2) is 18.2 Å². The number of carbonyl (C=O) groups is 1. The molecule has 118 valence electrons. The summed E-state index contributed by atoms with van der Waals surface area (Å²) < 4.78 is 18.1. The standard InChI is InChI=1S/C15H22ClFN2O2/c1-18-7-3-4-15(20)19(8-9-21-2)11-12-5-6-13(17)10-14(12)16/h5-6,10,18H,3-4,7-9,11H2,1-2H3. The summed E-state index contributed by atoms with van der Waals surface area (Å²) in [7, 11) is 3.44. The van der Waals surface area contributed by atoms with Gasteiger partial charge in [0.25, 0.3) is 0 Å². The molecular weight excluding hydrogens is 295 g/mol. The van der Waals surface area contributed by atoms with Gasteiger partial charge in [0.05, 0.1) is 6.61 Å². The molecular formula is C15H22ClFN2O2. The zero-order chi connectivity index (χ0) is 15.7. The number of amides is 1. The van der Waals surface area contributed by atoms with Crippen molar-refractivity contribution >= 4 is 17.5 Å². The summed E-state index contributed by atoms with van der Waals surface area (Å²) in [6.07, 6.45) is 1.24. The fourth-order valence-corrected chi connectivity index (χ4v) is 2.15. The van der Waals surface area contributed by atoms with Crippen molar-refractivity contribution in [3.8, 4) is 0 Å². The number of halogens is 2. The molecule has 0 bridgehead atoms. The molecule has 0 fully saturated rings. The molecule has 0 heterocycles. The van der Waals surface area contributed by atoms with E-state index in [4.69, 9.17) is 16.3 Å². The Labute approximate surface area is 130 Å². The van der Waals surface area contributed by atoms with Crippen LogP contribution in [-0.4, -0.2) is 44.7 Å². The lowest BCUT2D eigenvalue weighted by molar-refractivity contribution is -0.132. The van der Waals surface area contributed by atoms with Crippen LogP contribution in [0.4, 0.5) is 4.39 Å². The Morgan fingerprint density at radius 3 is 2.86 bits per heavy atom. The van der Waals surface area contributed by atoms with Gasteiger partial charge in [-0.1, -0.05) is 17.7 Å². The van der Waals surface area contributed by atoms with Gasteiger partial charge in [0.15, 0.2) is 0 Å². The zero-order valence-electron chi connectivity index (χ0n) is 12.5. The Hall–Kier alpha value is -1.17. The first kappa shape index (κ1) is 17.9. The molecule has 21 heavy (non-hydrogen) atoms. The SMILES string of the molecule is CNCCCC(=O)N(CCOC)Cc1ccc(F)cc1Cl. The molecule has 0 spiro atoms. The third-order valence-corrected chi connectivity index (χ3v) is 3.46. The summed E-state index contributed by atoms with van der Waals surface area (Å²) in [4.78, 5) is 13.9. The molecule has 1 aromatic carbocycles.